The Kier molecular flexibility index (Phi) is 6.68. The highest BCUT2D eigenvalue weighted by molar-refractivity contribution is 6.09. The van der Waals surface area contributed by atoms with Gasteiger partial charge in [-0.15, -0.1) is 0 Å². The van der Waals surface area contributed by atoms with E-state index in [9.17, 15) is 24.0 Å². The van der Waals surface area contributed by atoms with Crippen molar-refractivity contribution in [2.24, 2.45) is 0 Å². The SMILES string of the molecule is [2H]N(C(=O)C1(C)O[C@@H]2CCCC[C@H]2NC1=O)[C@@H](C)C(=O)N[C@@H](CCC(=O)O)C(=O)O. The van der Waals surface area contributed by atoms with Gasteiger partial charge in [-0.1, -0.05) is 12.8 Å². The van der Waals surface area contributed by atoms with Crippen LogP contribution in [0.15, 0.2) is 0 Å². The molecule has 1 heterocycles. The zero-order chi connectivity index (χ0) is 22.6. The van der Waals surface area contributed by atoms with E-state index in [4.69, 9.17) is 16.4 Å². The summed E-state index contributed by atoms with van der Waals surface area (Å²) >= 11 is 0. The highest BCUT2D eigenvalue weighted by atomic mass is 16.5. The van der Waals surface area contributed by atoms with E-state index in [1.54, 1.807) is 0 Å². The van der Waals surface area contributed by atoms with Gasteiger partial charge in [-0.2, -0.15) is 0 Å². The smallest absolute Gasteiger partial charge is 0.326 e. The fourth-order valence-corrected chi connectivity index (χ4v) is 3.39. The van der Waals surface area contributed by atoms with E-state index in [1.165, 1.54) is 13.8 Å². The molecule has 0 aromatic rings. The number of hydrogen-bond acceptors (Lipinski definition) is 6. The molecule has 0 bridgehead atoms. The third kappa shape index (κ3) is 5.43. The molecule has 11 heteroatoms. The van der Waals surface area contributed by atoms with Crippen molar-refractivity contribution < 1.29 is 40.3 Å². The lowest BCUT2D eigenvalue weighted by Gasteiger charge is -2.43. The molecule has 162 valence electrons. The molecule has 1 aliphatic carbocycles. The van der Waals surface area contributed by atoms with E-state index in [0.717, 1.165) is 19.3 Å². The van der Waals surface area contributed by atoms with Crippen molar-refractivity contribution in [2.75, 3.05) is 0 Å². The standard InChI is InChI=1S/C18H27N3O8/c1-9(14(24)20-11(15(25)26)7-8-13(22)23)19-16(27)18(2)17(28)21-10-5-3-4-6-12(10)29-18/h9-12H,3-8H2,1-2H3,(H,19,27)(H,20,24)(H,21,28)(H,22,23)(H,25,26)/t9-,10+,11-,12+,18?/m0/s1/i/hD. The molecule has 5 atom stereocenters. The zero-order valence-electron chi connectivity index (χ0n) is 17.3. The Morgan fingerprint density at radius 3 is 2.59 bits per heavy atom. The minimum atomic E-state index is -1.98. The first-order valence-electron chi connectivity index (χ1n) is 9.98. The summed E-state index contributed by atoms with van der Waals surface area (Å²) in [5.41, 5.74) is -1.98. The van der Waals surface area contributed by atoms with Crippen molar-refractivity contribution in [3.05, 3.63) is 0 Å². The summed E-state index contributed by atoms with van der Waals surface area (Å²) in [6, 6.07) is -3.13. The Labute approximate surface area is 169 Å². The van der Waals surface area contributed by atoms with Gasteiger partial charge in [-0.25, -0.2) is 4.79 Å². The summed E-state index contributed by atoms with van der Waals surface area (Å²) < 4.78 is 13.8. The Hall–Kier alpha value is -2.69. The first-order valence-corrected chi connectivity index (χ1v) is 9.53. The maximum Gasteiger partial charge on any atom is 0.326 e. The molecule has 2 aliphatic rings. The van der Waals surface area contributed by atoms with Crippen molar-refractivity contribution in [3.8, 4) is 0 Å². The fraction of sp³-hybridized carbons (Fsp3) is 0.722. The number of carbonyl (C=O) groups excluding carboxylic acids is 3. The number of carbonyl (C=O) groups is 5. The lowest BCUT2D eigenvalue weighted by Crippen LogP contribution is -2.68. The number of amides is 3. The van der Waals surface area contributed by atoms with Gasteiger partial charge in [0.1, 0.15) is 12.1 Å². The molecule has 2 fully saturated rings. The van der Waals surface area contributed by atoms with E-state index in [1.807, 2.05) is 0 Å². The molecule has 2 rings (SSSR count). The van der Waals surface area contributed by atoms with Crippen LogP contribution < -0.4 is 15.9 Å². The van der Waals surface area contributed by atoms with Crippen LogP contribution in [0, 0.1) is 0 Å². The second kappa shape index (κ2) is 9.21. The minimum absolute atomic E-state index is 0.197. The molecule has 5 N–H and O–H groups in total. The molecule has 11 nitrogen and oxygen atoms in total. The van der Waals surface area contributed by atoms with Crippen LogP contribution in [0.2, 0.25) is 1.41 Å². The lowest BCUT2D eigenvalue weighted by atomic mass is 9.88. The molecule has 1 aliphatic heterocycles. The molecular weight excluding hydrogens is 386 g/mol. The largest absolute Gasteiger partial charge is 0.481 e. The first kappa shape index (κ1) is 21.0. The van der Waals surface area contributed by atoms with Crippen LogP contribution in [0.5, 0.6) is 0 Å². The Balaban J connectivity index is 2.06. The van der Waals surface area contributed by atoms with Crippen molar-refractivity contribution in [1.82, 2.24) is 15.9 Å². The van der Waals surface area contributed by atoms with Crippen molar-refractivity contribution in [3.63, 3.8) is 0 Å². The van der Waals surface area contributed by atoms with Crippen LogP contribution in [0.25, 0.3) is 0 Å². The number of carboxylic acids is 2. The van der Waals surface area contributed by atoms with Gasteiger partial charge in [-0.05, 0) is 33.1 Å². The van der Waals surface area contributed by atoms with Crippen LogP contribution in [0.1, 0.15) is 52.4 Å². The van der Waals surface area contributed by atoms with Crippen LogP contribution in [-0.4, -0.2) is 69.7 Å². The second-order valence-corrected chi connectivity index (χ2v) is 7.50. The van der Waals surface area contributed by atoms with Crippen LogP contribution in [-0.2, 0) is 28.7 Å². The third-order valence-corrected chi connectivity index (χ3v) is 5.20. The molecule has 0 aromatic heterocycles. The molecule has 1 saturated carbocycles. The van der Waals surface area contributed by atoms with E-state index in [0.29, 0.717) is 6.42 Å². The predicted molar refractivity (Wildman–Crippen MR) is 97.7 cm³/mol. The van der Waals surface area contributed by atoms with E-state index in [-0.39, 0.29) is 23.9 Å². The predicted octanol–water partition coefficient (Wildman–Crippen LogP) is -0.858. The molecule has 0 radical (unpaired) electrons. The van der Waals surface area contributed by atoms with Gasteiger partial charge in [0.15, 0.2) is 1.41 Å². The summed E-state index contributed by atoms with van der Waals surface area (Å²) in [4.78, 5) is 59.6. The molecule has 29 heavy (non-hydrogen) atoms. The van der Waals surface area contributed by atoms with Crippen molar-refractivity contribution in [2.45, 2.75) is 82.2 Å². The van der Waals surface area contributed by atoms with Gasteiger partial charge in [-0.3, -0.25) is 19.2 Å². The van der Waals surface area contributed by atoms with Gasteiger partial charge in [0.25, 0.3) is 11.8 Å². The molecule has 1 unspecified atom stereocenters. The second-order valence-electron chi connectivity index (χ2n) is 7.50. The normalized spacial score (nSPS) is 28.8. The first-order chi connectivity index (χ1) is 14.0. The van der Waals surface area contributed by atoms with Crippen LogP contribution >= 0.6 is 0 Å². The van der Waals surface area contributed by atoms with E-state index in [2.05, 4.69) is 10.6 Å². The van der Waals surface area contributed by atoms with E-state index >= 15 is 0 Å². The van der Waals surface area contributed by atoms with Crippen LogP contribution in [0.4, 0.5) is 0 Å². The summed E-state index contributed by atoms with van der Waals surface area (Å²) in [6.07, 6.45) is 2.00. The number of nitrogens with one attached hydrogen (secondary N) is 3. The maximum atomic E-state index is 12.9. The maximum absolute atomic E-state index is 12.9. The molecule has 3 amide bonds. The van der Waals surface area contributed by atoms with Gasteiger partial charge in [0, 0.05) is 6.42 Å². The summed E-state index contributed by atoms with van der Waals surface area (Å²) in [5, 5.41) is 23.0. The average Bonchev–Trinajstić information content (AvgIpc) is 2.69. The topological polar surface area (TPSA) is 171 Å². The Morgan fingerprint density at radius 2 is 1.97 bits per heavy atom. The Bertz CT molecular complexity index is 732. The average molecular weight is 414 g/mol. The van der Waals surface area contributed by atoms with Gasteiger partial charge >= 0.3 is 11.9 Å². The zero-order valence-corrected chi connectivity index (χ0v) is 16.3. The van der Waals surface area contributed by atoms with Crippen molar-refractivity contribution >= 4 is 29.7 Å². The highest BCUT2D eigenvalue weighted by Crippen LogP contribution is 2.30. The van der Waals surface area contributed by atoms with Gasteiger partial charge in [0.2, 0.25) is 11.5 Å². The van der Waals surface area contributed by atoms with Crippen molar-refractivity contribution in [1.29, 1.82) is 0 Å². The summed E-state index contributed by atoms with van der Waals surface area (Å²) in [7, 11) is 0. The number of carboxylic acid groups (broad SMARTS) is 2. The number of morpholine rings is 1. The van der Waals surface area contributed by atoms with Gasteiger partial charge in [0.05, 0.1) is 12.1 Å². The lowest BCUT2D eigenvalue weighted by molar-refractivity contribution is -0.182. The molecular formula is C18H27N3O8. The third-order valence-electron chi connectivity index (χ3n) is 5.20. The van der Waals surface area contributed by atoms with E-state index < -0.39 is 53.8 Å². The summed E-state index contributed by atoms with van der Waals surface area (Å²) in [5.74, 6) is -5.37. The van der Waals surface area contributed by atoms with Crippen LogP contribution in [0.3, 0.4) is 0 Å². The molecule has 0 aromatic carbocycles. The Morgan fingerprint density at radius 1 is 1.31 bits per heavy atom. The molecule has 0 spiro atoms. The monoisotopic (exact) mass is 414 g/mol. The quantitative estimate of drug-likeness (QED) is 0.319. The number of fused-ring (bicyclic) bond motifs is 1. The minimum Gasteiger partial charge on any atom is -0.481 e. The number of rotatable bonds is 8. The highest BCUT2D eigenvalue weighted by Gasteiger charge is 2.51. The molecule has 1 saturated heterocycles. The number of aliphatic carboxylic acids is 2. The number of ether oxygens (including phenoxy) is 1. The number of hydrogen-bond donors (Lipinski definition) is 5. The summed E-state index contributed by atoms with van der Waals surface area (Å²) in [6.45, 7) is 2.44. The fourth-order valence-electron chi connectivity index (χ4n) is 3.39. The van der Waals surface area contributed by atoms with Gasteiger partial charge < -0.3 is 30.9 Å².